The molecule has 1 amide bonds. The van der Waals surface area contributed by atoms with Crippen LogP contribution in [0, 0.1) is 0 Å². The third-order valence-corrected chi connectivity index (χ3v) is 4.73. The second-order valence-corrected chi connectivity index (χ2v) is 6.30. The van der Waals surface area contributed by atoms with E-state index in [1.54, 1.807) is 35.9 Å². The SMILES string of the molecule is CCN(CC)Cn1c(O)c(N=NC(=O)c2ccc(OC)cc2)c2ccccc21. The first-order chi connectivity index (χ1) is 13.6. The maximum absolute atomic E-state index is 12.3. The van der Waals surface area contributed by atoms with E-state index in [0.717, 1.165) is 24.0 Å². The summed E-state index contributed by atoms with van der Waals surface area (Å²) in [5.41, 5.74) is 1.54. The first kappa shape index (κ1) is 19.6. The second kappa shape index (κ2) is 8.67. The average molecular weight is 380 g/mol. The molecule has 1 heterocycles. The van der Waals surface area contributed by atoms with Crippen LogP contribution in [-0.4, -0.2) is 40.7 Å². The fraction of sp³-hybridized carbons (Fsp3) is 0.286. The predicted molar refractivity (Wildman–Crippen MR) is 108 cm³/mol. The molecule has 0 spiro atoms. The molecule has 2 aromatic carbocycles. The number of ether oxygens (including phenoxy) is 1. The minimum Gasteiger partial charge on any atom is -0.497 e. The van der Waals surface area contributed by atoms with Crippen LogP contribution in [0.15, 0.2) is 58.8 Å². The molecule has 0 radical (unpaired) electrons. The zero-order valence-electron chi connectivity index (χ0n) is 16.3. The first-order valence-electron chi connectivity index (χ1n) is 9.21. The molecule has 146 valence electrons. The van der Waals surface area contributed by atoms with E-state index in [2.05, 4.69) is 29.0 Å². The number of hydrogen-bond acceptors (Lipinski definition) is 5. The van der Waals surface area contributed by atoms with Crippen molar-refractivity contribution in [2.75, 3.05) is 20.2 Å². The highest BCUT2D eigenvalue weighted by Gasteiger charge is 2.18. The van der Waals surface area contributed by atoms with Gasteiger partial charge in [-0.1, -0.05) is 32.0 Å². The highest BCUT2D eigenvalue weighted by Crippen LogP contribution is 2.39. The fourth-order valence-corrected chi connectivity index (χ4v) is 3.02. The fourth-order valence-electron chi connectivity index (χ4n) is 3.02. The maximum Gasteiger partial charge on any atom is 0.295 e. The van der Waals surface area contributed by atoms with E-state index < -0.39 is 5.91 Å². The van der Waals surface area contributed by atoms with Crippen molar-refractivity contribution >= 4 is 22.5 Å². The van der Waals surface area contributed by atoms with Gasteiger partial charge in [0.15, 0.2) is 5.69 Å². The number of nitrogens with zero attached hydrogens (tertiary/aromatic N) is 4. The summed E-state index contributed by atoms with van der Waals surface area (Å²) in [6.07, 6.45) is 0. The van der Waals surface area contributed by atoms with Crippen LogP contribution in [-0.2, 0) is 6.67 Å². The molecule has 7 heteroatoms. The van der Waals surface area contributed by atoms with Crippen molar-refractivity contribution in [3.05, 3.63) is 54.1 Å². The number of hydrogen-bond donors (Lipinski definition) is 1. The number of fused-ring (bicyclic) bond motifs is 1. The zero-order chi connectivity index (χ0) is 20.1. The Morgan fingerprint density at radius 2 is 1.79 bits per heavy atom. The number of benzene rings is 2. The zero-order valence-corrected chi connectivity index (χ0v) is 16.3. The third kappa shape index (κ3) is 3.89. The Kier molecular flexibility index (Phi) is 6.06. The molecule has 1 aromatic heterocycles. The molecule has 28 heavy (non-hydrogen) atoms. The van der Waals surface area contributed by atoms with E-state index in [0.29, 0.717) is 23.7 Å². The monoisotopic (exact) mass is 380 g/mol. The standard InChI is InChI=1S/C21H24N4O3/c1-4-24(5-2)14-25-18-9-7-6-8-17(18)19(21(25)27)22-23-20(26)15-10-12-16(28-3)13-11-15/h6-13,27H,4-5,14H2,1-3H3. The number of azo groups is 1. The smallest absolute Gasteiger partial charge is 0.295 e. The molecule has 3 rings (SSSR count). The third-order valence-electron chi connectivity index (χ3n) is 4.73. The van der Waals surface area contributed by atoms with Crippen molar-refractivity contribution in [3.8, 4) is 11.6 Å². The Hall–Kier alpha value is -3.19. The van der Waals surface area contributed by atoms with Gasteiger partial charge in [0.25, 0.3) is 5.91 Å². The summed E-state index contributed by atoms with van der Waals surface area (Å²) >= 11 is 0. The minimum atomic E-state index is -0.484. The molecule has 1 N–H and O–H groups in total. The Bertz CT molecular complexity index is 989. The lowest BCUT2D eigenvalue weighted by Crippen LogP contribution is -2.25. The molecule has 0 aliphatic rings. The van der Waals surface area contributed by atoms with Gasteiger partial charge in [0.05, 0.1) is 19.3 Å². The van der Waals surface area contributed by atoms with E-state index in [1.807, 2.05) is 24.3 Å². The van der Waals surface area contributed by atoms with E-state index in [-0.39, 0.29) is 5.88 Å². The summed E-state index contributed by atoms with van der Waals surface area (Å²) in [5, 5.41) is 19.4. The summed E-state index contributed by atoms with van der Waals surface area (Å²) in [7, 11) is 1.56. The van der Waals surface area contributed by atoms with E-state index in [4.69, 9.17) is 4.74 Å². The van der Waals surface area contributed by atoms with Crippen molar-refractivity contribution in [2.24, 2.45) is 10.2 Å². The van der Waals surface area contributed by atoms with Crippen LogP contribution in [0.2, 0.25) is 0 Å². The molecular weight excluding hydrogens is 356 g/mol. The second-order valence-electron chi connectivity index (χ2n) is 6.30. The highest BCUT2D eigenvalue weighted by atomic mass is 16.5. The van der Waals surface area contributed by atoms with Gasteiger partial charge in [-0.15, -0.1) is 10.2 Å². The van der Waals surface area contributed by atoms with Gasteiger partial charge < -0.3 is 9.84 Å². The van der Waals surface area contributed by atoms with Crippen LogP contribution in [0.25, 0.3) is 10.9 Å². The van der Waals surface area contributed by atoms with Gasteiger partial charge in [-0.2, -0.15) is 0 Å². The van der Waals surface area contributed by atoms with E-state index >= 15 is 0 Å². The number of aromatic hydroxyl groups is 1. The number of methoxy groups -OCH3 is 1. The number of aromatic nitrogens is 1. The normalized spacial score (nSPS) is 11.6. The number of carbonyl (C=O) groups is 1. The Morgan fingerprint density at radius 3 is 2.43 bits per heavy atom. The molecular formula is C21H24N4O3. The molecule has 0 saturated carbocycles. The molecule has 0 saturated heterocycles. The Labute approximate surface area is 163 Å². The molecule has 0 aliphatic heterocycles. The van der Waals surface area contributed by atoms with Crippen LogP contribution >= 0.6 is 0 Å². The van der Waals surface area contributed by atoms with Crippen LogP contribution in [0.3, 0.4) is 0 Å². The van der Waals surface area contributed by atoms with Gasteiger partial charge in [0.1, 0.15) is 5.75 Å². The molecule has 0 bridgehead atoms. The largest absolute Gasteiger partial charge is 0.497 e. The Balaban J connectivity index is 1.94. The van der Waals surface area contributed by atoms with E-state index in [9.17, 15) is 9.90 Å². The van der Waals surface area contributed by atoms with Gasteiger partial charge >= 0.3 is 0 Å². The number of amides is 1. The molecule has 7 nitrogen and oxygen atoms in total. The molecule has 0 aliphatic carbocycles. The Morgan fingerprint density at radius 1 is 1.11 bits per heavy atom. The van der Waals surface area contributed by atoms with Gasteiger partial charge in [-0.3, -0.25) is 14.3 Å². The summed E-state index contributed by atoms with van der Waals surface area (Å²) in [4.78, 5) is 14.5. The van der Waals surface area contributed by atoms with Gasteiger partial charge in [-0.25, -0.2) is 0 Å². The summed E-state index contributed by atoms with van der Waals surface area (Å²) < 4.78 is 6.88. The first-order valence-corrected chi connectivity index (χ1v) is 9.21. The van der Waals surface area contributed by atoms with Crippen molar-refractivity contribution in [1.29, 1.82) is 0 Å². The topological polar surface area (TPSA) is 79.4 Å². The number of carbonyl (C=O) groups excluding carboxylic acids is 1. The van der Waals surface area contributed by atoms with E-state index in [1.165, 1.54) is 0 Å². The van der Waals surface area contributed by atoms with Gasteiger partial charge in [0.2, 0.25) is 5.88 Å². The molecule has 3 aromatic rings. The summed E-state index contributed by atoms with van der Waals surface area (Å²) in [6.45, 7) is 6.38. The highest BCUT2D eigenvalue weighted by molar-refractivity contribution is 5.97. The van der Waals surface area contributed by atoms with Crippen LogP contribution in [0.1, 0.15) is 24.2 Å². The van der Waals surface area contributed by atoms with Gasteiger partial charge in [-0.05, 0) is 43.4 Å². The van der Waals surface area contributed by atoms with Crippen LogP contribution in [0.4, 0.5) is 5.69 Å². The van der Waals surface area contributed by atoms with Crippen molar-refractivity contribution in [3.63, 3.8) is 0 Å². The lowest BCUT2D eigenvalue weighted by molar-refractivity contribution is 0.0995. The summed E-state index contributed by atoms with van der Waals surface area (Å²) in [6, 6.07) is 14.2. The molecule has 0 atom stereocenters. The minimum absolute atomic E-state index is 0.000573. The van der Waals surface area contributed by atoms with Crippen molar-refractivity contribution in [1.82, 2.24) is 9.47 Å². The van der Waals surface area contributed by atoms with Gasteiger partial charge in [0, 0.05) is 10.9 Å². The lowest BCUT2D eigenvalue weighted by Gasteiger charge is -2.19. The van der Waals surface area contributed by atoms with Crippen LogP contribution < -0.4 is 4.74 Å². The molecule has 0 unspecified atom stereocenters. The summed E-state index contributed by atoms with van der Waals surface area (Å²) in [5.74, 6) is 0.174. The number of para-hydroxylation sites is 1. The van der Waals surface area contributed by atoms with Crippen LogP contribution in [0.5, 0.6) is 11.6 Å². The predicted octanol–water partition coefficient (Wildman–Crippen LogP) is 4.58. The molecule has 0 fully saturated rings. The average Bonchev–Trinajstić information content (AvgIpc) is 3.01. The van der Waals surface area contributed by atoms with Crippen molar-refractivity contribution < 1.29 is 14.6 Å². The number of rotatable bonds is 7. The quantitative estimate of drug-likeness (QED) is 0.609. The lowest BCUT2D eigenvalue weighted by atomic mass is 10.2. The van der Waals surface area contributed by atoms with Crippen molar-refractivity contribution in [2.45, 2.75) is 20.5 Å². The maximum atomic E-state index is 12.3.